The Morgan fingerprint density at radius 2 is 1.70 bits per heavy atom. The van der Waals surface area contributed by atoms with Gasteiger partial charge in [0.05, 0.1) is 5.56 Å². The molecule has 2 nitrogen and oxygen atoms in total. The van der Waals surface area contributed by atoms with Gasteiger partial charge in [0, 0.05) is 19.2 Å². The van der Waals surface area contributed by atoms with Crippen molar-refractivity contribution in [3.8, 4) is 0 Å². The first-order valence-electron chi connectivity index (χ1n) is 6.43. The molecule has 0 bridgehead atoms. The smallest absolute Gasteiger partial charge is 0.339 e. The molecule has 5 heteroatoms. The molecule has 0 unspecified atom stereocenters. The molecule has 1 radical (unpaired) electrons. The summed E-state index contributed by atoms with van der Waals surface area (Å²) in [6.45, 7) is 1.41. The van der Waals surface area contributed by atoms with Gasteiger partial charge < -0.3 is 4.90 Å². The molecule has 0 aromatic heterocycles. The van der Waals surface area contributed by atoms with Gasteiger partial charge >= 0.3 is 6.18 Å². The average molecular weight is 282 g/mol. The first kappa shape index (κ1) is 14.6. The molecule has 0 saturated carbocycles. The number of carbonyl (C=O) groups excluding carboxylic acids is 1. The lowest BCUT2D eigenvalue weighted by Gasteiger charge is -2.25. The first-order chi connectivity index (χ1) is 9.47. The largest absolute Gasteiger partial charge is 0.416 e. The molecule has 1 heterocycles. The maximum Gasteiger partial charge on any atom is 0.416 e. The number of rotatable bonds is 2. The van der Waals surface area contributed by atoms with E-state index in [0.29, 0.717) is 18.7 Å². The molecular formula is C15H15F3NO. The summed E-state index contributed by atoms with van der Waals surface area (Å²) in [4.78, 5) is 13.6. The molecule has 0 spiro atoms. The van der Waals surface area contributed by atoms with Crippen molar-refractivity contribution in [3.05, 3.63) is 47.9 Å². The second-order valence-corrected chi connectivity index (χ2v) is 4.64. The molecule has 1 amide bonds. The van der Waals surface area contributed by atoms with Crippen LogP contribution in [0.4, 0.5) is 13.2 Å². The predicted octanol–water partition coefficient (Wildman–Crippen LogP) is 3.55. The Balaban J connectivity index is 1.98. The van der Waals surface area contributed by atoms with Gasteiger partial charge in [0.1, 0.15) is 0 Å². The fraction of sp³-hybridized carbons (Fsp3) is 0.333. The van der Waals surface area contributed by atoms with Crippen LogP contribution in [0.25, 0.3) is 6.08 Å². The van der Waals surface area contributed by atoms with Crippen LogP contribution >= 0.6 is 0 Å². The maximum atomic E-state index is 12.4. The molecule has 0 aliphatic carbocycles. The summed E-state index contributed by atoms with van der Waals surface area (Å²) in [5, 5.41) is 0. The van der Waals surface area contributed by atoms with Gasteiger partial charge in [-0.1, -0.05) is 12.1 Å². The summed E-state index contributed by atoms with van der Waals surface area (Å²) in [6, 6.07) is 4.74. The van der Waals surface area contributed by atoms with Crippen molar-refractivity contribution in [3.63, 3.8) is 0 Å². The summed E-state index contributed by atoms with van der Waals surface area (Å²) in [6.07, 6.45) is 2.54. The van der Waals surface area contributed by atoms with Crippen molar-refractivity contribution < 1.29 is 18.0 Å². The number of hydrogen-bond donors (Lipinski definition) is 0. The summed E-state index contributed by atoms with van der Waals surface area (Å²) in [5.74, 6) is -0.0991. The van der Waals surface area contributed by atoms with Crippen molar-refractivity contribution in [1.82, 2.24) is 4.90 Å². The third-order valence-corrected chi connectivity index (χ3v) is 3.17. The highest BCUT2D eigenvalue weighted by molar-refractivity contribution is 5.91. The lowest BCUT2D eigenvalue weighted by molar-refractivity contribution is -0.137. The average Bonchev–Trinajstić information content (AvgIpc) is 2.45. The van der Waals surface area contributed by atoms with Crippen LogP contribution in [0.15, 0.2) is 30.3 Å². The number of carbonyl (C=O) groups is 1. The highest BCUT2D eigenvalue weighted by atomic mass is 19.4. The van der Waals surface area contributed by atoms with E-state index in [-0.39, 0.29) is 5.91 Å². The normalized spacial score (nSPS) is 16.6. The molecule has 1 aromatic carbocycles. The van der Waals surface area contributed by atoms with Crippen LogP contribution in [0.3, 0.4) is 0 Å². The van der Waals surface area contributed by atoms with Crippen LogP contribution in [-0.2, 0) is 11.0 Å². The van der Waals surface area contributed by atoms with E-state index in [2.05, 4.69) is 6.42 Å². The van der Waals surface area contributed by atoms with E-state index >= 15 is 0 Å². The molecule has 1 fully saturated rings. The third-order valence-electron chi connectivity index (χ3n) is 3.17. The van der Waals surface area contributed by atoms with E-state index < -0.39 is 11.7 Å². The fourth-order valence-corrected chi connectivity index (χ4v) is 2.03. The summed E-state index contributed by atoms with van der Waals surface area (Å²) in [5.41, 5.74) is -0.109. The number of nitrogens with zero attached hydrogens (tertiary/aromatic N) is 1. The Morgan fingerprint density at radius 3 is 2.25 bits per heavy atom. The topological polar surface area (TPSA) is 20.3 Å². The molecule has 20 heavy (non-hydrogen) atoms. The van der Waals surface area contributed by atoms with Crippen molar-refractivity contribution in [1.29, 1.82) is 0 Å². The number of alkyl halides is 3. The highest BCUT2D eigenvalue weighted by Gasteiger charge is 2.29. The number of halogens is 3. The van der Waals surface area contributed by atoms with Crippen molar-refractivity contribution in [2.45, 2.75) is 19.0 Å². The van der Waals surface area contributed by atoms with E-state index in [0.717, 1.165) is 25.0 Å². The molecule has 1 aliphatic heterocycles. The van der Waals surface area contributed by atoms with Gasteiger partial charge in [0.15, 0.2) is 0 Å². The van der Waals surface area contributed by atoms with Crippen molar-refractivity contribution >= 4 is 12.0 Å². The number of benzene rings is 1. The third kappa shape index (κ3) is 3.85. The molecule has 0 N–H and O–H groups in total. The van der Waals surface area contributed by atoms with E-state index in [1.807, 2.05) is 0 Å². The van der Waals surface area contributed by atoms with Crippen molar-refractivity contribution in [2.75, 3.05) is 13.1 Å². The summed E-state index contributed by atoms with van der Waals surface area (Å²) >= 11 is 0. The van der Waals surface area contributed by atoms with Crippen LogP contribution in [-0.4, -0.2) is 23.9 Å². The predicted molar refractivity (Wildman–Crippen MR) is 70.6 cm³/mol. The maximum absolute atomic E-state index is 12.4. The summed E-state index contributed by atoms with van der Waals surface area (Å²) in [7, 11) is 0. The second-order valence-electron chi connectivity index (χ2n) is 4.64. The second kappa shape index (κ2) is 6.11. The number of likely N-dealkylation sites (tertiary alicyclic amines) is 1. The number of hydrogen-bond acceptors (Lipinski definition) is 1. The quantitative estimate of drug-likeness (QED) is 0.760. The molecule has 2 rings (SSSR count). The Labute approximate surface area is 115 Å². The standard InChI is InChI=1S/C15H15F3NO/c16-15(17,18)13-7-4-12(5-8-13)6-9-14(20)19-10-2-1-3-11-19/h1,4-9H,2-3,10-11H2/b9-6+. The Hall–Kier alpha value is -1.78. The zero-order valence-electron chi connectivity index (χ0n) is 10.9. The van der Waals surface area contributed by atoms with Gasteiger partial charge in [-0.3, -0.25) is 4.79 Å². The molecule has 0 atom stereocenters. The van der Waals surface area contributed by atoms with Crippen LogP contribution in [0.5, 0.6) is 0 Å². The van der Waals surface area contributed by atoms with Gasteiger partial charge in [-0.25, -0.2) is 0 Å². The first-order valence-corrected chi connectivity index (χ1v) is 6.43. The number of piperidine rings is 1. The zero-order valence-corrected chi connectivity index (χ0v) is 10.9. The zero-order chi connectivity index (χ0) is 14.6. The Kier molecular flexibility index (Phi) is 4.47. The van der Waals surface area contributed by atoms with Crippen LogP contribution in [0.1, 0.15) is 24.0 Å². The number of amides is 1. The lowest BCUT2D eigenvalue weighted by atomic mass is 10.1. The van der Waals surface area contributed by atoms with Crippen LogP contribution in [0, 0.1) is 6.42 Å². The van der Waals surface area contributed by atoms with E-state index in [1.54, 1.807) is 11.0 Å². The Morgan fingerprint density at radius 1 is 1.10 bits per heavy atom. The lowest BCUT2D eigenvalue weighted by Crippen LogP contribution is -2.34. The minimum absolute atomic E-state index is 0.0991. The van der Waals surface area contributed by atoms with E-state index in [4.69, 9.17) is 0 Å². The Bertz CT molecular complexity index is 485. The van der Waals surface area contributed by atoms with Crippen LogP contribution < -0.4 is 0 Å². The van der Waals surface area contributed by atoms with Gasteiger partial charge in [0.2, 0.25) is 5.91 Å². The van der Waals surface area contributed by atoms with Gasteiger partial charge in [-0.15, -0.1) is 0 Å². The molecule has 1 aromatic rings. The van der Waals surface area contributed by atoms with Gasteiger partial charge in [-0.05, 0) is 43.0 Å². The molecule has 1 aliphatic rings. The van der Waals surface area contributed by atoms with E-state index in [9.17, 15) is 18.0 Å². The monoisotopic (exact) mass is 282 g/mol. The summed E-state index contributed by atoms with van der Waals surface area (Å²) < 4.78 is 37.2. The van der Waals surface area contributed by atoms with Crippen LogP contribution in [0.2, 0.25) is 0 Å². The van der Waals surface area contributed by atoms with Gasteiger partial charge in [-0.2, -0.15) is 13.2 Å². The molecule has 107 valence electrons. The SMILES string of the molecule is O=C(/C=C/c1ccc(C(F)(F)F)cc1)N1CC[CH]CC1. The minimum Gasteiger partial charge on any atom is -0.339 e. The van der Waals surface area contributed by atoms with Gasteiger partial charge in [0.25, 0.3) is 0 Å². The van der Waals surface area contributed by atoms with E-state index in [1.165, 1.54) is 18.2 Å². The fourth-order valence-electron chi connectivity index (χ4n) is 2.03. The molecular weight excluding hydrogens is 267 g/mol. The minimum atomic E-state index is -4.33. The highest BCUT2D eigenvalue weighted by Crippen LogP contribution is 2.29. The molecule has 1 saturated heterocycles. The van der Waals surface area contributed by atoms with Crippen molar-refractivity contribution in [2.24, 2.45) is 0 Å².